The Balaban J connectivity index is 0. The topological polar surface area (TPSA) is 83.8 Å². The molecule has 0 aromatic heterocycles. The van der Waals surface area contributed by atoms with Crippen LogP contribution in [0.5, 0.6) is 0 Å². The van der Waals surface area contributed by atoms with Gasteiger partial charge in [-0.05, 0) is 0 Å². The van der Waals surface area contributed by atoms with Crippen LogP contribution in [0.2, 0.25) is 0 Å². The van der Waals surface area contributed by atoms with E-state index in [9.17, 15) is 9.13 Å². The third-order valence-corrected chi connectivity index (χ3v) is 1.57. The predicted octanol–water partition coefficient (Wildman–Crippen LogP) is 1.19. The Kier molecular flexibility index (Phi) is 13.4. The molecule has 0 saturated carbocycles. The molecular formula is CH6Cl2O5P2. The summed E-state index contributed by atoms with van der Waals surface area (Å²) in [5.41, 5.74) is 0. The minimum absolute atomic E-state index is 0.194. The summed E-state index contributed by atoms with van der Waals surface area (Å²) in [6, 6.07) is 0. The van der Waals surface area contributed by atoms with E-state index >= 15 is 0 Å². The number of alkyl halides is 2. The molecule has 0 aromatic rings. The first-order valence-electron chi connectivity index (χ1n) is 1.80. The fourth-order valence-electron chi connectivity index (χ4n) is 0.0747. The second-order valence-electron chi connectivity index (χ2n) is 0.735. The van der Waals surface area contributed by atoms with Gasteiger partial charge in [0, 0.05) is 0 Å². The normalized spacial score (nSPS) is 14.8. The lowest BCUT2D eigenvalue weighted by Gasteiger charge is -1.86. The van der Waals surface area contributed by atoms with Crippen LogP contribution < -0.4 is 0 Å². The van der Waals surface area contributed by atoms with Crippen molar-refractivity contribution in [2.45, 2.75) is 0 Å². The molecule has 0 rings (SSSR count). The molecule has 0 amide bonds. The Morgan fingerprint density at radius 1 is 1.20 bits per heavy atom. The number of rotatable bonds is 2. The van der Waals surface area contributed by atoms with Crippen LogP contribution in [0.3, 0.4) is 0 Å². The van der Waals surface area contributed by atoms with Crippen molar-refractivity contribution in [3.63, 3.8) is 0 Å². The molecule has 0 aliphatic heterocycles. The summed E-state index contributed by atoms with van der Waals surface area (Å²) >= 11 is 9.53. The lowest BCUT2D eigenvalue weighted by atomic mass is 11.9. The third-order valence-electron chi connectivity index (χ3n) is 0.175. The van der Waals surface area contributed by atoms with E-state index in [2.05, 4.69) is 4.31 Å². The Labute approximate surface area is 68.8 Å². The molecular weight excluding hydrogens is 225 g/mol. The van der Waals surface area contributed by atoms with E-state index in [-0.39, 0.29) is 5.34 Å². The van der Waals surface area contributed by atoms with Gasteiger partial charge in [-0.3, -0.25) is 9.13 Å². The highest BCUT2D eigenvalue weighted by molar-refractivity contribution is 7.46. The standard InChI is InChI=1S/CH2Cl2.H4O5P2/c2-1-3;1-6(2)5-7(3)4/h1H2;6-7H,(H,1,2)(H,3,4). The number of hydrogen-bond acceptors (Lipinski definition) is 3. The molecule has 0 radical (unpaired) electrons. The van der Waals surface area contributed by atoms with Crippen LogP contribution in [0.25, 0.3) is 0 Å². The Hall–Kier alpha value is 0.920. The smallest absolute Gasteiger partial charge is 0.323 e. The van der Waals surface area contributed by atoms with E-state index in [1.807, 2.05) is 0 Å². The molecule has 2 N–H and O–H groups in total. The van der Waals surface area contributed by atoms with Crippen LogP contribution in [0.1, 0.15) is 0 Å². The molecule has 2 unspecified atom stereocenters. The van der Waals surface area contributed by atoms with Crippen LogP contribution in [0.4, 0.5) is 0 Å². The van der Waals surface area contributed by atoms with Crippen LogP contribution in [0.15, 0.2) is 0 Å². The van der Waals surface area contributed by atoms with Gasteiger partial charge in [-0.2, -0.15) is 0 Å². The molecule has 9 heteroatoms. The highest BCUT2D eigenvalue weighted by Gasteiger charge is 1.93. The molecule has 0 heterocycles. The molecule has 0 aromatic carbocycles. The first-order chi connectivity index (χ1) is 4.54. The predicted molar refractivity (Wildman–Crippen MR) is 40.1 cm³/mol. The van der Waals surface area contributed by atoms with E-state index in [0.29, 0.717) is 0 Å². The lowest BCUT2D eigenvalue weighted by molar-refractivity contribution is 0.371. The SMILES string of the molecule is ClCCl.O=[PH](O)O[PH](=O)O. The van der Waals surface area contributed by atoms with Gasteiger partial charge in [-0.25, -0.2) is 4.31 Å². The van der Waals surface area contributed by atoms with Crippen LogP contribution in [0, 0.1) is 0 Å². The Bertz CT molecular complexity index is 104. The summed E-state index contributed by atoms with van der Waals surface area (Å²) in [6.07, 6.45) is 0. The van der Waals surface area contributed by atoms with Gasteiger partial charge in [0.05, 0.1) is 5.34 Å². The van der Waals surface area contributed by atoms with Crippen molar-refractivity contribution >= 4 is 39.7 Å². The van der Waals surface area contributed by atoms with Gasteiger partial charge in [0.1, 0.15) is 0 Å². The van der Waals surface area contributed by atoms with Crippen molar-refractivity contribution in [2.75, 3.05) is 5.34 Å². The minimum Gasteiger partial charge on any atom is -0.326 e. The fraction of sp³-hybridized carbons (Fsp3) is 1.00. The second kappa shape index (κ2) is 9.92. The van der Waals surface area contributed by atoms with Gasteiger partial charge >= 0.3 is 16.5 Å². The van der Waals surface area contributed by atoms with Crippen molar-refractivity contribution in [3.8, 4) is 0 Å². The number of halogens is 2. The van der Waals surface area contributed by atoms with Crippen LogP contribution in [-0.2, 0) is 13.4 Å². The van der Waals surface area contributed by atoms with Gasteiger partial charge in [-0.15, -0.1) is 23.2 Å². The summed E-state index contributed by atoms with van der Waals surface area (Å²) in [4.78, 5) is 15.4. The Morgan fingerprint density at radius 2 is 1.40 bits per heavy atom. The summed E-state index contributed by atoms with van der Waals surface area (Å²) in [5.74, 6) is 0. The maximum atomic E-state index is 9.44. The maximum Gasteiger partial charge on any atom is 0.323 e. The van der Waals surface area contributed by atoms with Crippen molar-refractivity contribution in [1.82, 2.24) is 0 Å². The molecule has 0 saturated heterocycles. The van der Waals surface area contributed by atoms with E-state index in [1.165, 1.54) is 0 Å². The highest BCUT2D eigenvalue weighted by atomic mass is 35.5. The summed E-state index contributed by atoms with van der Waals surface area (Å²) in [7, 11) is -6.40. The molecule has 0 aliphatic rings. The van der Waals surface area contributed by atoms with Gasteiger partial charge in [-0.1, -0.05) is 0 Å². The van der Waals surface area contributed by atoms with Crippen molar-refractivity contribution in [3.05, 3.63) is 0 Å². The van der Waals surface area contributed by atoms with E-state index < -0.39 is 16.5 Å². The van der Waals surface area contributed by atoms with Gasteiger partial charge in [0.25, 0.3) is 0 Å². The van der Waals surface area contributed by atoms with Crippen molar-refractivity contribution < 1.29 is 23.2 Å². The average molecular weight is 231 g/mol. The summed E-state index contributed by atoms with van der Waals surface area (Å²) in [5, 5.41) is 0.194. The fourth-order valence-corrected chi connectivity index (χ4v) is 0.672. The van der Waals surface area contributed by atoms with Gasteiger partial charge in [0.15, 0.2) is 0 Å². The number of hydrogen-bond donors (Lipinski definition) is 2. The molecule has 0 spiro atoms. The van der Waals surface area contributed by atoms with E-state index in [1.54, 1.807) is 0 Å². The van der Waals surface area contributed by atoms with Crippen LogP contribution >= 0.6 is 39.7 Å². The Morgan fingerprint density at radius 3 is 1.40 bits per heavy atom. The zero-order valence-corrected chi connectivity index (χ0v) is 8.09. The molecule has 0 aliphatic carbocycles. The summed E-state index contributed by atoms with van der Waals surface area (Å²) in [6.45, 7) is 0. The van der Waals surface area contributed by atoms with Crippen molar-refractivity contribution in [2.24, 2.45) is 0 Å². The van der Waals surface area contributed by atoms with E-state index in [4.69, 9.17) is 33.0 Å². The largest absolute Gasteiger partial charge is 0.326 e. The molecule has 2 atom stereocenters. The second-order valence-corrected chi connectivity index (χ2v) is 3.42. The van der Waals surface area contributed by atoms with E-state index in [0.717, 1.165) is 0 Å². The zero-order chi connectivity index (χ0) is 8.57. The molecule has 0 fully saturated rings. The molecule has 0 bridgehead atoms. The van der Waals surface area contributed by atoms with Crippen molar-refractivity contribution in [1.29, 1.82) is 0 Å². The average Bonchev–Trinajstić information content (AvgIpc) is 1.62. The van der Waals surface area contributed by atoms with Gasteiger partial charge < -0.3 is 9.79 Å². The maximum absolute atomic E-state index is 9.44. The zero-order valence-electron chi connectivity index (χ0n) is 4.58. The first kappa shape index (κ1) is 13.5. The third kappa shape index (κ3) is 23.1. The molecule has 10 heavy (non-hydrogen) atoms. The summed E-state index contributed by atoms with van der Waals surface area (Å²) < 4.78 is 22.3. The first-order valence-corrected chi connectivity index (χ1v) is 5.39. The minimum atomic E-state index is -3.20. The molecule has 5 nitrogen and oxygen atoms in total. The highest BCUT2D eigenvalue weighted by Crippen LogP contribution is 2.30. The lowest BCUT2D eigenvalue weighted by Crippen LogP contribution is -1.58. The quantitative estimate of drug-likeness (QED) is 0.550. The van der Waals surface area contributed by atoms with Crippen LogP contribution in [-0.4, -0.2) is 15.1 Å². The molecule has 64 valence electrons. The monoisotopic (exact) mass is 230 g/mol. The van der Waals surface area contributed by atoms with Gasteiger partial charge in [0.2, 0.25) is 0 Å².